The molecular formula is C16H16N2O3. The first-order valence-electron chi connectivity index (χ1n) is 6.58. The Morgan fingerprint density at radius 2 is 1.86 bits per heavy atom. The van der Waals surface area contributed by atoms with Crippen molar-refractivity contribution >= 4 is 17.6 Å². The van der Waals surface area contributed by atoms with E-state index in [9.17, 15) is 9.59 Å². The molecule has 0 radical (unpaired) electrons. The van der Waals surface area contributed by atoms with E-state index in [4.69, 9.17) is 5.11 Å². The molecule has 0 aliphatic carbocycles. The zero-order valence-electron chi connectivity index (χ0n) is 11.8. The molecular weight excluding hydrogens is 268 g/mol. The number of amides is 1. The van der Waals surface area contributed by atoms with Crippen LogP contribution in [-0.2, 0) is 0 Å². The SMILES string of the molecule is CC(C)c1ccccc1NC(=O)c1ccc(C(=O)O)nc1. The first kappa shape index (κ1) is 14.7. The van der Waals surface area contributed by atoms with Gasteiger partial charge in [-0.2, -0.15) is 0 Å². The highest BCUT2D eigenvalue weighted by molar-refractivity contribution is 6.04. The maximum Gasteiger partial charge on any atom is 0.354 e. The van der Waals surface area contributed by atoms with Gasteiger partial charge in [-0.15, -0.1) is 0 Å². The van der Waals surface area contributed by atoms with Crippen LogP contribution in [0.4, 0.5) is 5.69 Å². The van der Waals surface area contributed by atoms with Gasteiger partial charge in [-0.25, -0.2) is 9.78 Å². The minimum absolute atomic E-state index is 0.0888. The number of carbonyl (C=O) groups excluding carboxylic acids is 1. The van der Waals surface area contributed by atoms with Gasteiger partial charge in [-0.1, -0.05) is 32.0 Å². The molecule has 0 aliphatic heterocycles. The Balaban J connectivity index is 2.20. The van der Waals surface area contributed by atoms with E-state index in [1.54, 1.807) is 0 Å². The Morgan fingerprint density at radius 1 is 1.14 bits per heavy atom. The van der Waals surface area contributed by atoms with Crippen molar-refractivity contribution in [3.05, 3.63) is 59.4 Å². The summed E-state index contributed by atoms with van der Waals surface area (Å²) in [5, 5.41) is 11.6. The van der Waals surface area contributed by atoms with Crippen molar-refractivity contribution in [2.45, 2.75) is 19.8 Å². The van der Waals surface area contributed by atoms with E-state index in [1.807, 2.05) is 38.1 Å². The molecule has 1 aromatic heterocycles. The average molecular weight is 284 g/mol. The van der Waals surface area contributed by atoms with Gasteiger partial charge in [0.25, 0.3) is 5.91 Å². The normalized spacial score (nSPS) is 10.4. The summed E-state index contributed by atoms with van der Waals surface area (Å²) in [6.45, 7) is 4.10. The molecule has 2 aromatic rings. The number of aromatic nitrogens is 1. The minimum Gasteiger partial charge on any atom is -0.477 e. The van der Waals surface area contributed by atoms with Crippen LogP contribution in [0.25, 0.3) is 0 Å². The van der Waals surface area contributed by atoms with Crippen LogP contribution in [-0.4, -0.2) is 22.0 Å². The number of nitrogens with zero attached hydrogens (tertiary/aromatic N) is 1. The van der Waals surface area contributed by atoms with Crippen molar-refractivity contribution in [3.8, 4) is 0 Å². The zero-order valence-corrected chi connectivity index (χ0v) is 11.8. The molecule has 0 atom stereocenters. The number of carbonyl (C=O) groups is 2. The number of hydrogen-bond acceptors (Lipinski definition) is 3. The molecule has 0 bridgehead atoms. The van der Waals surface area contributed by atoms with E-state index in [0.717, 1.165) is 11.3 Å². The summed E-state index contributed by atoms with van der Waals surface area (Å²) in [4.78, 5) is 26.6. The summed E-state index contributed by atoms with van der Waals surface area (Å²) in [5.74, 6) is -1.14. The lowest BCUT2D eigenvalue weighted by Gasteiger charge is -2.13. The number of anilines is 1. The lowest BCUT2D eigenvalue weighted by Crippen LogP contribution is -2.14. The Labute approximate surface area is 122 Å². The molecule has 2 rings (SSSR count). The first-order chi connectivity index (χ1) is 9.99. The molecule has 5 heteroatoms. The van der Waals surface area contributed by atoms with Gasteiger partial charge < -0.3 is 10.4 Å². The summed E-state index contributed by atoms with van der Waals surface area (Å²) >= 11 is 0. The molecule has 1 amide bonds. The molecule has 5 nitrogen and oxygen atoms in total. The van der Waals surface area contributed by atoms with Gasteiger partial charge in [-0.05, 0) is 29.7 Å². The quantitative estimate of drug-likeness (QED) is 0.903. The van der Waals surface area contributed by atoms with Crippen molar-refractivity contribution in [1.29, 1.82) is 0 Å². The third-order valence-electron chi connectivity index (χ3n) is 3.08. The van der Waals surface area contributed by atoms with E-state index in [2.05, 4.69) is 10.3 Å². The van der Waals surface area contributed by atoms with Crippen molar-refractivity contribution < 1.29 is 14.7 Å². The molecule has 2 N–H and O–H groups in total. The van der Waals surface area contributed by atoms with Crippen LogP contribution in [0.2, 0.25) is 0 Å². The molecule has 1 heterocycles. The highest BCUT2D eigenvalue weighted by Gasteiger charge is 2.12. The Hall–Kier alpha value is -2.69. The molecule has 0 unspecified atom stereocenters. The molecule has 0 spiro atoms. The van der Waals surface area contributed by atoms with Crippen molar-refractivity contribution in [3.63, 3.8) is 0 Å². The van der Waals surface area contributed by atoms with Crippen LogP contribution in [0.15, 0.2) is 42.6 Å². The number of pyridine rings is 1. The smallest absolute Gasteiger partial charge is 0.354 e. The second-order valence-electron chi connectivity index (χ2n) is 4.93. The molecule has 21 heavy (non-hydrogen) atoms. The largest absolute Gasteiger partial charge is 0.477 e. The fourth-order valence-electron chi connectivity index (χ4n) is 1.96. The second kappa shape index (κ2) is 6.17. The van der Waals surface area contributed by atoms with Gasteiger partial charge in [-0.3, -0.25) is 4.79 Å². The Kier molecular flexibility index (Phi) is 4.33. The van der Waals surface area contributed by atoms with Crippen molar-refractivity contribution in [1.82, 2.24) is 4.98 Å². The predicted octanol–water partition coefficient (Wildman–Crippen LogP) is 3.16. The fourth-order valence-corrected chi connectivity index (χ4v) is 1.96. The Morgan fingerprint density at radius 3 is 2.43 bits per heavy atom. The summed E-state index contributed by atoms with van der Waals surface area (Å²) in [7, 11) is 0. The van der Waals surface area contributed by atoms with E-state index in [1.165, 1.54) is 18.3 Å². The number of aromatic carboxylic acids is 1. The topological polar surface area (TPSA) is 79.3 Å². The minimum atomic E-state index is -1.12. The average Bonchev–Trinajstić information content (AvgIpc) is 2.47. The monoisotopic (exact) mass is 284 g/mol. The van der Waals surface area contributed by atoms with Gasteiger partial charge in [0.05, 0.1) is 5.56 Å². The van der Waals surface area contributed by atoms with Crippen LogP contribution in [0.1, 0.15) is 46.2 Å². The van der Waals surface area contributed by atoms with Crippen LogP contribution >= 0.6 is 0 Å². The van der Waals surface area contributed by atoms with E-state index < -0.39 is 5.97 Å². The standard InChI is InChI=1S/C16H16N2O3/c1-10(2)12-5-3-4-6-13(12)18-15(19)11-7-8-14(16(20)21)17-9-11/h3-10H,1-2H3,(H,18,19)(H,20,21). The molecule has 0 saturated heterocycles. The van der Waals surface area contributed by atoms with Crippen LogP contribution in [0, 0.1) is 0 Å². The summed E-state index contributed by atoms with van der Waals surface area (Å²) < 4.78 is 0. The number of carboxylic acids is 1. The van der Waals surface area contributed by atoms with Crippen molar-refractivity contribution in [2.75, 3.05) is 5.32 Å². The van der Waals surface area contributed by atoms with Crippen LogP contribution < -0.4 is 5.32 Å². The van der Waals surface area contributed by atoms with Gasteiger partial charge in [0, 0.05) is 11.9 Å². The number of carboxylic acid groups (broad SMARTS) is 1. The number of hydrogen-bond donors (Lipinski definition) is 2. The molecule has 0 fully saturated rings. The molecule has 108 valence electrons. The van der Waals surface area contributed by atoms with Gasteiger partial charge in [0.1, 0.15) is 5.69 Å². The lowest BCUT2D eigenvalue weighted by molar-refractivity contribution is 0.0690. The number of para-hydroxylation sites is 1. The third kappa shape index (κ3) is 3.45. The maximum atomic E-state index is 12.2. The number of nitrogens with one attached hydrogen (secondary N) is 1. The van der Waals surface area contributed by atoms with Crippen LogP contribution in [0.5, 0.6) is 0 Å². The van der Waals surface area contributed by atoms with Crippen molar-refractivity contribution in [2.24, 2.45) is 0 Å². The van der Waals surface area contributed by atoms with E-state index in [-0.39, 0.29) is 17.5 Å². The maximum absolute atomic E-state index is 12.2. The summed E-state index contributed by atoms with van der Waals surface area (Å²) in [6.07, 6.45) is 1.26. The lowest BCUT2D eigenvalue weighted by atomic mass is 10.0. The van der Waals surface area contributed by atoms with E-state index >= 15 is 0 Å². The Bertz CT molecular complexity index is 663. The van der Waals surface area contributed by atoms with Gasteiger partial charge in [0.2, 0.25) is 0 Å². The zero-order chi connectivity index (χ0) is 15.4. The van der Waals surface area contributed by atoms with E-state index in [0.29, 0.717) is 5.56 Å². The summed E-state index contributed by atoms with van der Waals surface area (Å²) in [5.41, 5.74) is 2.02. The highest BCUT2D eigenvalue weighted by Crippen LogP contribution is 2.24. The molecule has 1 aromatic carbocycles. The molecule has 0 aliphatic rings. The fraction of sp³-hybridized carbons (Fsp3) is 0.188. The van der Waals surface area contributed by atoms with Gasteiger partial charge in [0.15, 0.2) is 0 Å². The van der Waals surface area contributed by atoms with Gasteiger partial charge >= 0.3 is 5.97 Å². The summed E-state index contributed by atoms with van der Waals surface area (Å²) in [6, 6.07) is 10.3. The first-order valence-corrected chi connectivity index (χ1v) is 6.58. The highest BCUT2D eigenvalue weighted by atomic mass is 16.4. The number of rotatable bonds is 4. The third-order valence-corrected chi connectivity index (χ3v) is 3.08. The number of benzene rings is 1. The second-order valence-corrected chi connectivity index (χ2v) is 4.93. The molecule has 0 saturated carbocycles. The predicted molar refractivity (Wildman–Crippen MR) is 79.7 cm³/mol. The van der Waals surface area contributed by atoms with Crippen LogP contribution in [0.3, 0.4) is 0 Å².